The predicted octanol–water partition coefficient (Wildman–Crippen LogP) is 2.72. The van der Waals surface area contributed by atoms with Crippen LogP contribution in [0, 0.1) is 0 Å². The van der Waals surface area contributed by atoms with Crippen molar-refractivity contribution in [2.45, 2.75) is 0 Å². The minimum absolute atomic E-state index is 0.460. The van der Waals surface area contributed by atoms with Gasteiger partial charge in [-0.15, -0.1) is 0 Å². The monoisotopic (exact) mass is 370 g/mol. The van der Waals surface area contributed by atoms with Gasteiger partial charge in [-0.3, -0.25) is 14.8 Å². The first kappa shape index (κ1) is 17.3. The van der Waals surface area contributed by atoms with Crippen molar-refractivity contribution < 1.29 is 14.1 Å². The van der Waals surface area contributed by atoms with Crippen LogP contribution in [-0.2, 0) is 11.8 Å². The highest BCUT2D eigenvalue weighted by Crippen LogP contribution is 2.47. The van der Waals surface area contributed by atoms with E-state index in [0.717, 1.165) is 16.9 Å². The quantitative estimate of drug-likeness (QED) is 0.491. The normalized spacial score (nSPS) is 10.9. The molecule has 3 aromatic rings. The standard InChI is InChI=1S/C18H15N2O3PS/c1-22-18-12-14(13-21)2-3-17(18)23-24(25,15-4-8-19-9-5-15)16-6-10-20-11-7-16/h2-13H,1H3. The maximum Gasteiger partial charge on any atom is 0.171 e. The van der Waals surface area contributed by atoms with E-state index in [1.165, 1.54) is 7.11 Å². The Morgan fingerprint density at radius 3 is 1.96 bits per heavy atom. The van der Waals surface area contributed by atoms with Gasteiger partial charge in [0.25, 0.3) is 0 Å². The predicted molar refractivity (Wildman–Crippen MR) is 101 cm³/mol. The summed E-state index contributed by atoms with van der Waals surface area (Å²) in [5, 5.41) is 1.73. The van der Waals surface area contributed by atoms with E-state index >= 15 is 0 Å². The van der Waals surface area contributed by atoms with Crippen LogP contribution in [0.5, 0.6) is 11.5 Å². The smallest absolute Gasteiger partial charge is 0.171 e. The summed E-state index contributed by atoms with van der Waals surface area (Å²) in [7, 11) is 1.53. The van der Waals surface area contributed by atoms with Crippen LogP contribution in [0.15, 0.2) is 67.3 Å². The Labute approximate surface area is 150 Å². The van der Waals surface area contributed by atoms with E-state index in [-0.39, 0.29) is 0 Å². The van der Waals surface area contributed by atoms with E-state index in [9.17, 15) is 4.79 Å². The summed E-state index contributed by atoms with van der Waals surface area (Å²) in [4.78, 5) is 19.1. The molecule has 0 unspecified atom stereocenters. The van der Waals surface area contributed by atoms with Crippen molar-refractivity contribution in [1.29, 1.82) is 0 Å². The molecule has 1 aromatic carbocycles. The number of rotatable bonds is 6. The largest absolute Gasteiger partial charge is 0.493 e. The first-order valence-electron chi connectivity index (χ1n) is 7.41. The molecule has 0 N–H and O–H groups in total. The number of nitrogens with zero attached hydrogens (tertiary/aromatic N) is 2. The lowest BCUT2D eigenvalue weighted by atomic mass is 10.2. The Hall–Kier alpha value is -2.56. The number of methoxy groups -OCH3 is 1. The van der Waals surface area contributed by atoms with E-state index in [1.54, 1.807) is 43.0 Å². The van der Waals surface area contributed by atoms with Crippen LogP contribution in [0.2, 0.25) is 0 Å². The van der Waals surface area contributed by atoms with Gasteiger partial charge >= 0.3 is 0 Å². The van der Waals surface area contributed by atoms with Gasteiger partial charge in [0.15, 0.2) is 17.8 Å². The third kappa shape index (κ3) is 3.60. The molecule has 0 saturated heterocycles. The fraction of sp³-hybridized carbons (Fsp3) is 0.0556. The van der Waals surface area contributed by atoms with E-state index in [2.05, 4.69) is 9.97 Å². The number of benzene rings is 1. The Bertz CT molecular complexity index is 877. The van der Waals surface area contributed by atoms with Crippen molar-refractivity contribution in [2.75, 3.05) is 7.11 Å². The Morgan fingerprint density at radius 2 is 1.48 bits per heavy atom. The van der Waals surface area contributed by atoms with Gasteiger partial charge < -0.3 is 9.26 Å². The Morgan fingerprint density at radius 1 is 0.920 bits per heavy atom. The molecule has 0 radical (unpaired) electrons. The van der Waals surface area contributed by atoms with Crippen LogP contribution < -0.4 is 19.9 Å². The van der Waals surface area contributed by atoms with Crippen LogP contribution in [-0.4, -0.2) is 23.4 Å². The van der Waals surface area contributed by atoms with Gasteiger partial charge in [-0.25, -0.2) is 0 Å². The third-order valence-corrected chi connectivity index (χ3v) is 7.45. The molecular weight excluding hydrogens is 355 g/mol. The second kappa shape index (κ2) is 7.55. The van der Waals surface area contributed by atoms with E-state index in [4.69, 9.17) is 21.1 Å². The third-order valence-electron chi connectivity index (χ3n) is 3.56. The molecule has 0 aliphatic carbocycles. The van der Waals surface area contributed by atoms with Crippen molar-refractivity contribution in [1.82, 2.24) is 9.97 Å². The van der Waals surface area contributed by atoms with E-state index in [0.29, 0.717) is 17.1 Å². The lowest BCUT2D eigenvalue weighted by Gasteiger charge is -2.25. The number of ether oxygens (including phenoxy) is 1. The molecule has 0 aliphatic rings. The molecule has 126 valence electrons. The maximum absolute atomic E-state index is 11.0. The lowest BCUT2D eigenvalue weighted by Crippen LogP contribution is -2.20. The van der Waals surface area contributed by atoms with Gasteiger partial charge in [-0.2, -0.15) is 0 Å². The average Bonchev–Trinajstić information content (AvgIpc) is 2.69. The van der Waals surface area contributed by atoms with Gasteiger partial charge in [-0.1, -0.05) is 0 Å². The number of carbonyl (C=O) groups excluding carboxylic acids is 1. The molecule has 0 atom stereocenters. The van der Waals surface area contributed by atoms with Crippen LogP contribution in [0.25, 0.3) is 0 Å². The Balaban J connectivity index is 2.12. The maximum atomic E-state index is 11.0. The van der Waals surface area contributed by atoms with Crippen LogP contribution >= 0.6 is 6.26 Å². The van der Waals surface area contributed by atoms with Crippen molar-refractivity contribution in [2.24, 2.45) is 0 Å². The molecule has 2 heterocycles. The van der Waals surface area contributed by atoms with E-state index in [1.807, 2.05) is 24.3 Å². The highest BCUT2D eigenvalue weighted by Gasteiger charge is 2.26. The highest BCUT2D eigenvalue weighted by atomic mass is 32.4. The molecule has 3 rings (SSSR count). The molecule has 0 fully saturated rings. The molecule has 5 nitrogen and oxygen atoms in total. The topological polar surface area (TPSA) is 61.3 Å². The molecule has 2 aromatic heterocycles. The summed E-state index contributed by atoms with van der Waals surface area (Å²) in [6, 6.07) is 12.4. The molecule has 7 heteroatoms. The molecule has 0 spiro atoms. The highest BCUT2D eigenvalue weighted by molar-refractivity contribution is 8.19. The average molecular weight is 370 g/mol. The van der Waals surface area contributed by atoms with E-state index < -0.39 is 6.26 Å². The summed E-state index contributed by atoms with van der Waals surface area (Å²) in [5.74, 6) is 0.951. The fourth-order valence-electron chi connectivity index (χ4n) is 2.31. The number of aldehydes is 1. The minimum atomic E-state index is -2.62. The zero-order valence-corrected chi connectivity index (χ0v) is 15.1. The second-order valence-electron chi connectivity index (χ2n) is 5.08. The molecule has 0 bridgehead atoms. The van der Waals surface area contributed by atoms with Gasteiger partial charge in [0.05, 0.1) is 7.11 Å². The summed E-state index contributed by atoms with van der Waals surface area (Å²) in [6.45, 7) is 0. The summed E-state index contributed by atoms with van der Waals surface area (Å²) >= 11 is 5.99. The zero-order valence-electron chi connectivity index (χ0n) is 13.4. The van der Waals surface area contributed by atoms with Gasteiger partial charge in [0, 0.05) is 41.0 Å². The number of pyridine rings is 2. The van der Waals surface area contributed by atoms with Crippen LogP contribution in [0.1, 0.15) is 10.4 Å². The fourth-order valence-corrected chi connectivity index (χ4v) is 5.27. The van der Waals surface area contributed by atoms with Crippen LogP contribution in [0.3, 0.4) is 0 Å². The van der Waals surface area contributed by atoms with Crippen LogP contribution in [0.4, 0.5) is 0 Å². The van der Waals surface area contributed by atoms with Crippen molar-refractivity contribution in [3.05, 3.63) is 72.8 Å². The van der Waals surface area contributed by atoms with Crippen molar-refractivity contribution in [3.8, 4) is 11.5 Å². The molecule has 25 heavy (non-hydrogen) atoms. The second-order valence-corrected chi connectivity index (χ2v) is 8.94. The molecular formula is C18H15N2O3PS. The summed E-state index contributed by atoms with van der Waals surface area (Å²) in [6.07, 6.45) is 4.89. The number of aromatic nitrogens is 2. The van der Waals surface area contributed by atoms with Crippen molar-refractivity contribution in [3.63, 3.8) is 0 Å². The summed E-state index contributed by atoms with van der Waals surface area (Å²) < 4.78 is 11.7. The lowest BCUT2D eigenvalue weighted by molar-refractivity contribution is 0.112. The molecule has 0 amide bonds. The number of hydrogen-bond donors (Lipinski definition) is 0. The zero-order chi connectivity index (χ0) is 17.7. The van der Waals surface area contributed by atoms with Crippen molar-refractivity contribution >= 4 is 35.0 Å². The van der Waals surface area contributed by atoms with Gasteiger partial charge in [0.2, 0.25) is 0 Å². The Kier molecular flexibility index (Phi) is 5.22. The first-order valence-corrected chi connectivity index (χ1v) is 10.1. The SMILES string of the molecule is COc1cc(C=O)ccc1OP(=S)(c1ccncc1)c1ccncc1. The van der Waals surface area contributed by atoms with Gasteiger partial charge in [-0.05, 0) is 54.3 Å². The molecule has 0 aliphatic heterocycles. The minimum Gasteiger partial charge on any atom is -0.493 e. The number of hydrogen-bond acceptors (Lipinski definition) is 6. The van der Waals surface area contributed by atoms with Gasteiger partial charge in [0.1, 0.15) is 6.29 Å². The summed E-state index contributed by atoms with van der Waals surface area (Å²) in [5.41, 5.74) is 0.505. The first-order chi connectivity index (χ1) is 12.2. The number of carbonyl (C=O) groups is 1. The molecule has 0 saturated carbocycles.